The van der Waals surface area contributed by atoms with Gasteiger partial charge in [0.1, 0.15) is 0 Å². The molecule has 1 aromatic rings. The van der Waals surface area contributed by atoms with Gasteiger partial charge >= 0.3 is 0 Å². The first kappa shape index (κ1) is 13.1. The van der Waals surface area contributed by atoms with Crippen LogP contribution in [0.3, 0.4) is 0 Å². The van der Waals surface area contributed by atoms with Gasteiger partial charge in [0, 0.05) is 25.5 Å². The molecule has 1 saturated heterocycles. The maximum absolute atomic E-state index is 11.9. The number of hydrogen-bond donors (Lipinski definition) is 2. The summed E-state index contributed by atoms with van der Waals surface area (Å²) in [5.41, 5.74) is -0.0261. The molecule has 0 aromatic carbocycles. The molecular weight excluding hydrogens is 228 g/mol. The van der Waals surface area contributed by atoms with E-state index in [-0.39, 0.29) is 5.56 Å². The summed E-state index contributed by atoms with van der Waals surface area (Å²) in [4.78, 5) is 16.0. The zero-order valence-corrected chi connectivity index (χ0v) is 11.0. The maximum Gasteiger partial charge on any atom is 0.293 e. The van der Waals surface area contributed by atoms with E-state index in [2.05, 4.69) is 15.6 Å². The van der Waals surface area contributed by atoms with Crippen LogP contribution in [0.5, 0.6) is 0 Å². The van der Waals surface area contributed by atoms with Crippen LogP contribution in [0, 0.1) is 5.92 Å². The summed E-state index contributed by atoms with van der Waals surface area (Å²) in [5.74, 6) is 1.20. The molecule has 100 valence electrons. The molecule has 1 fully saturated rings. The molecule has 1 unspecified atom stereocenters. The smallest absolute Gasteiger partial charge is 0.293 e. The highest BCUT2D eigenvalue weighted by Crippen LogP contribution is 2.13. The Balaban J connectivity index is 1.84. The van der Waals surface area contributed by atoms with Crippen LogP contribution in [-0.2, 0) is 6.54 Å². The van der Waals surface area contributed by atoms with Gasteiger partial charge in [0.15, 0.2) is 5.82 Å². The molecule has 0 radical (unpaired) electrons. The second kappa shape index (κ2) is 6.54. The molecule has 2 heterocycles. The molecule has 5 nitrogen and oxygen atoms in total. The van der Waals surface area contributed by atoms with Gasteiger partial charge in [0.05, 0.1) is 0 Å². The monoisotopic (exact) mass is 250 g/mol. The van der Waals surface area contributed by atoms with Crippen LogP contribution < -0.4 is 16.2 Å². The van der Waals surface area contributed by atoms with Gasteiger partial charge in [-0.15, -0.1) is 0 Å². The van der Waals surface area contributed by atoms with Gasteiger partial charge in [0.2, 0.25) is 0 Å². The van der Waals surface area contributed by atoms with Crippen LogP contribution >= 0.6 is 0 Å². The van der Waals surface area contributed by atoms with Gasteiger partial charge in [-0.3, -0.25) is 4.79 Å². The lowest BCUT2D eigenvalue weighted by molar-refractivity contribution is 0.364. The van der Waals surface area contributed by atoms with Gasteiger partial charge in [-0.25, -0.2) is 4.98 Å². The number of rotatable bonds is 5. The molecule has 1 aliphatic rings. The largest absolute Gasteiger partial charge is 0.365 e. The quantitative estimate of drug-likeness (QED) is 0.820. The summed E-state index contributed by atoms with van der Waals surface area (Å²) in [6.07, 6.45) is 7.04. The van der Waals surface area contributed by atoms with Gasteiger partial charge in [-0.1, -0.05) is 0 Å². The topological polar surface area (TPSA) is 59.0 Å². The van der Waals surface area contributed by atoms with Gasteiger partial charge < -0.3 is 15.2 Å². The Bertz CT molecular complexity index is 423. The molecule has 2 rings (SSSR count). The number of nitrogens with zero attached hydrogens (tertiary/aromatic N) is 2. The van der Waals surface area contributed by atoms with E-state index in [4.69, 9.17) is 0 Å². The summed E-state index contributed by atoms with van der Waals surface area (Å²) in [6.45, 7) is 5.71. The van der Waals surface area contributed by atoms with Crippen molar-refractivity contribution >= 4 is 5.82 Å². The SMILES string of the molecule is CCn1ccnc(NCCC2CCCNC2)c1=O. The molecule has 0 bridgehead atoms. The summed E-state index contributed by atoms with van der Waals surface area (Å²) in [5, 5.41) is 6.57. The second-order valence-electron chi connectivity index (χ2n) is 4.79. The number of piperidine rings is 1. The number of anilines is 1. The molecule has 0 aliphatic carbocycles. The molecule has 18 heavy (non-hydrogen) atoms. The summed E-state index contributed by atoms with van der Waals surface area (Å²) < 4.78 is 1.66. The minimum atomic E-state index is -0.0261. The first-order valence-corrected chi connectivity index (χ1v) is 6.81. The standard InChI is InChI=1S/C13H22N4O/c1-2-17-9-8-16-12(13(17)18)15-7-5-11-4-3-6-14-10-11/h8-9,11,14H,2-7,10H2,1H3,(H,15,16). The fourth-order valence-corrected chi connectivity index (χ4v) is 2.38. The van der Waals surface area contributed by atoms with E-state index in [0.717, 1.165) is 32.0 Å². The molecule has 0 amide bonds. The second-order valence-corrected chi connectivity index (χ2v) is 4.79. The van der Waals surface area contributed by atoms with E-state index >= 15 is 0 Å². The Morgan fingerprint density at radius 2 is 2.50 bits per heavy atom. The molecule has 5 heteroatoms. The normalized spacial score (nSPS) is 19.7. The Kier molecular flexibility index (Phi) is 4.75. The molecule has 1 aliphatic heterocycles. The van der Waals surface area contributed by atoms with Crippen molar-refractivity contribution in [3.05, 3.63) is 22.7 Å². The zero-order valence-electron chi connectivity index (χ0n) is 11.0. The predicted molar refractivity (Wildman–Crippen MR) is 72.9 cm³/mol. The van der Waals surface area contributed by atoms with E-state index < -0.39 is 0 Å². The number of aryl methyl sites for hydroxylation is 1. The third kappa shape index (κ3) is 3.32. The molecule has 2 N–H and O–H groups in total. The van der Waals surface area contributed by atoms with E-state index in [1.807, 2.05) is 6.92 Å². The number of aromatic nitrogens is 2. The van der Waals surface area contributed by atoms with Crippen molar-refractivity contribution in [2.24, 2.45) is 5.92 Å². The van der Waals surface area contributed by atoms with Crippen LogP contribution in [0.2, 0.25) is 0 Å². The van der Waals surface area contributed by atoms with Gasteiger partial charge in [-0.05, 0) is 45.2 Å². The van der Waals surface area contributed by atoms with E-state index in [1.165, 1.54) is 12.8 Å². The average Bonchev–Trinajstić information content (AvgIpc) is 2.42. The molecule has 1 atom stereocenters. The van der Waals surface area contributed by atoms with Crippen LogP contribution in [-0.4, -0.2) is 29.2 Å². The highest BCUT2D eigenvalue weighted by molar-refractivity contribution is 5.30. The van der Waals surface area contributed by atoms with Crippen molar-refractivity contribution in [1.29, 1.82) is 0 Å². The fraction of sp³-hybridized carbons (Fsp3) is 0.692. The third-order valence-electron chi connectivity index (χ3n) is 3.50. The summed E-state index contributed by atoms with van der Waals surface area (Å²) >= 11 is 0. The van der Waals surface area contributed by atoms with Crippen LogP contribution in [0.1, 0.15) is 26.2 Å². The average molecular weight is 250 g/mol. The first-order valence-electron chi connectivity index (χ1n) is 6.81. The number of nitrogens with one attached hydrogen (secondary N) is 2. The van der Waals surface area contributed by atoms with E-state index in [9.17, 15) is 4.79 Å². The van der Waals surface area contributed by atoms with Crippen LogP contribution in [0.15, 0.2) is 17.2 Å². The van der Waals surface area contributed by atoms with Gasteiger partial charge in [-0.2, -0.15) is 0 Å². The molecular formula is C13H22N4O. The fourth-order valence-electron chi connectivity index (χ4n) is 2.38. The van der Waals surface area contributed by atoms with Gasteiger partial charge in [0.25, 0.3) is 5.56 Å². The first-order chi connectivity index (χ1) is 8.81. The highest BCUT2D eigenvalue weighted by atomic mass is 16.1. The van der Waals surface area contributed by atoms with E-state index in [0.29, 0.717) is 12.4 Å². The Labute approximate surface area is 108 Å². The van der Waals surface area contributed by atoms with Crippen molar-refractivity contribution in [3.63, 3.8) is 0 Å². The zero-order chi connectivity index (χ0) is 12.8. The molecule has 1 aromatic heterocycles. The van der Waals surface area contributed by atoms with Crippen molar-refractivity contribution < 1.29 is 0 Å². The van der Waals surface area contributed by atoms with Crippen molar-refractivity contribution in [2.75, 3.05) is 25.0 Å². The summed E-state index contributed by atoms with van der Waals surface area (Å²) in [7, 11) is 0. The summed E-state index contributed by atoms with van der Waals surface area (Å²) in [6, 6.07) is 0. The number of hydrogen-bond acceptors (Lipinski definition) is 4. The Morgan fingerprint density at radius 3 is 3.22 bits per heavy atom. The third-order valence-corrected chi connectivity index (χ3v) is 3.50. The Morgan fingerprint density at radius 1 is 1.61 bits per heavy atom. The van der Waals surface area contributed by atoms with Crippen molar-refractivity contribution in [1.82, 2.24) is 14.9 Å². The Hall–Kier alpha value is -1.36. The van der Waals surface area contributed by atoms with Crippen molar-refractivity contribution in [3.8, 4) is 0 Å². The maximum atomic E-state index is 11.9. The van der Waals surface area contributed by atoms with E-state index in [1.54, 1.807) is 17.0 Å². The minimum Gasteiger partial charge on any atom is -0.365 e. The lowest BCUT2D eigenvalue weighted by atomic mass is 9.96. The molecule has 0 saturated carbocycles. The lowest BCUT2D eigenvalue weighted by Crippen LogP contribution is -2.31. The lowest BCUT2D eigenvalue weighted by Gasteiger charge is -2.22. The minimum absolute atomic E-state index is 0.0261. The van der Waals surface area contributed by atoms with Crippen LogP contribution in [0.25, 0.3) is 0 Å². The predicted octanol–water partition coefficient (Wildman–Crippen LogP) is 1.06. The highest BCUT2D eigenvalue weighted by Gasteiger charge is 2.12. The molecule has 0 spiro atoms. The van der Waals surface area contributed by atoms with Crippen LogP contribution in [0.4, 0.5) is 5.82 Å². The van der Waals surface area contributed by atoms with Crippen molar-refractivity contribution in [2.45, 2.75) is 32.7 Å².